The molecule has 2 aliphatic carbocycles. The Morgan fingerprint density at radius 3 is 2.86 bits per heavy atom. The summed E-state index contributed by atoms with van der Waals surface area (Å²) in [6.07, 6.45) is 6.42. The van der Waals surface area contributed by atoms with Gasteiger partial charge in [0.1, 0.15) is 5.69 Å². The normalized spacial score (nSPS) is 20.3. The highest BCUT2D eigenvalue weighted by Gasteiger charge is 2.29. The summed E-state index contributed by atoms with van der Waals surface area (Å²) < 4.78 is 3.09. The number of hydrogen-bond acceptors (Lipinski definition) is 1. The highest BCUT2D eigenvalue weighted by Crippen LogP contribution is 2.38. The van der Waals surface area contributed by atoms with Crippen LogP contribution < -0.4 is 5.32 Å². The molecule has 1 atom stereocenters. The van der Waals surface area contributed by atoms with Gasteiger partial charge in [-0.25, -0.2) is 0 Å². The van der Waals surface area contributed by atoms with Crippen molar-refractivity contribution < 1.29 is 4.79 Å². The minimum Gasteiger partial charge on any atom is -0.344 e. The van der Waals surface area contributed by atoms with Crippen LogP contribution in [-0.4, -0.2) is 10.5 Å². The molecule has 0 spiro atoms. The summed E-state index contributed by atoms with van der Waals surface area (Å²) in [5.41, 5.74) is 3.41. The van der Waals surface area contributed by atoms with Crippen LogP contribution in [0.3, 0.4) is 0 Å². The van der Waals surface area contributed by atoms with Gasteiger partial charge in [0, 0.05) is 16.7 Å². The molecule has 1 amide bonds. The minimum atomic E-state index is 0.0364. The fourth-order valence-electron chi connectivity index (χ4n) is 3.22. The lowest BCUT2D eigenvalue weighted by molar-refractivity contribution is 0.0927. The van der Waals surface area contributed by atoms with Gasteiger partial charge in [0.25, 0.3) is 5.91 Å². The van der Waals surface area contributed by atoms with Crippen LogP contribution in [0.15, 0.2) is 41.0 Å². The highest BCUT2D eigenvalue weighted by atomic mass is 79.9. The average Bonchev–Trinajstić information content (AvgIpc) is 3.15. The highest BCUT2D eigenvalue weighted by molar-refractivity contribution is 9.10. The number of carbonyl (C=O) groups is 1. The summed E-state index contributed by atoms with van der Waals surface area (Å²) in [5.74, 6) is 0.0364. The number of aromatic nitrogens is 1. The predicted molar refractivity (Wildman–Crippen MR) is 85.4 cm³/mol. The fourth-order valence-corrected chi connectivity index (χ4v) is 3.66. The van der Waals surface area contributed by atoms with E-state index in [0.29, 0.717) is 6.04 Å². The number of fused-ring (bicyclic) bond motifs is 1. The van der Waals surface area contributed by atoms with E-state index >= 15 is 0 Å². The molecule has 1 unspecified atom stereocenters. The number of nitrogens with zero attached hydrogens (tertiary/aromatic N) is 1. The van der Waals surface area contributed by atoms with Crippen molar-refractivity contribution in [2.24, 2.45) is 0 Å². The van der Waals surface area contributed by atoms with Crippen LogP contribution in [0.2, 0.25) is 0 Å². The van der Waals surface area contributed by atoms with Crippen LogP contribution in [0.25, 0.3) is 0 Å². The van der Waals surface area contributed by atoms with E-state index in [-0.39, 0.29) is 11.9 Å². The van der Waals surface area contributed by atoms with E-state index in [1.54, 1.807) is 0 Å². The molecule has 108 valence electrons. The van der Waals surface area contributed by atoms with Gasteiger partial charge in [0.05, 0.1) is 6.04 Å². The van der Waals surface area contributed by atoms with Gasteiger partial charge in [-0.2, -0.15) is 0 Å². The van der Waals surface area contributed by atoms with E-state index in [4.69, 9.17) is 0 Å². The first-order valence-electron chi connectivity index (χ1n) is 7.48. The summed E-state index contributed by atoms with van der Waals surface area (Å²) >= 11 is 3.49. The number of aryl methyl sites for hydroxylation is 1. The predicted octanol–water partition coefficient (Wildman–Crippen LogP) is 4.00. The van der Waals surface area contributed by atoms with Crippen molar-refractivity contribution in [3.8, 4) is 0 Å². The van der Waals surface area contributed by atoms with Crippen LogP contribution in [0, 0.1) is 0 Å². The maximum atomic E-state index is 12.6. The number of carbonyl (C=O) groups excluding carboxylic acids is 1. The molecule has 1 N–H and O–H groups in total. The summed E-state index contributed by atoms with van der Waals surface area (Å²) in [7, 11) is 0. The first-order chi connectivity index (χ1) is 10.2. The molecule has 1 heterocycles. The molecule has 2 aliphatic rings. The number of halogens is 1. The van der Waals surface area contributed by atoms with Gasteiger partial charge in [0.15, 0.2) is 0 Å². The quantitative estimate of drug-likeness (QED) is 0.896. The molecule has 1 aromatic carbocycles. The van der Waals surface area contributed by atoms with Gasteiger partial charge in [-0.15, -0.1) is 0 Å². The van der Waals surface area contributed by atoms with E-state index in [9.17, 15) is 4.79 Å². The van der Waals surface area contributed by atoms with Gasteiger partial charge in [0.2, 0.25) is 0 Å². The van der Waals surface area contributed by atoms with Crippen LogP contribution in [-0.2, 0) is 6.42 Å². The third-order valence-corrected chi connectivity index (χ3v) is 4.86. The Balaban J connectivity index is 1.57. The molecule has 0 radical (unpaired) electrons. The molecule has 4 rings (SSSR count). The summed E-state index contributed by atoms with van der Waals surface area (Å²) in [6.45, 7) is 0. The molecule has 4 heteroatoms. The lowest BCUT2D eigenvalue weighted by atomic mass is 10.1. The second-order valence-electron chi connectivity index (χ2n) is 5.95. The van der Waals surface area contributed by atoms with Crippen LogP contribution >= 0.6 is 15.9 Å². The monoisotopic (exact) mass is 344 g/mol. The Bertz CT molecular complexity index is 703. The van der Waals surface area contributed by atoms with Gasteiger partial charge < -0.3 is 9.88 Å². The lowest BCUT2D eigenvalue weighted by Crippen LogP contribution is -2.28. The number of rotatable bonds is 3. The van der Waals surface area contributed by atoms with Crippen molar-refractivity contribution in [1.82, 2.24) is 9.88 Å². The first-order valence-corrected chi connectivity index (χ1v) is 8.28. The molecule has 1 fully saturated rings. The largest absolute Gasteiger partial charge is 0.344 e. The van der Waals surface area contributed by atoms with E-state index in [1.165, 1.54) is 24.0 Å². The zero-order valence-corrected chi connectivity index (χ0v) is 13.3. The second-order valence-corrected chi connectivity index (χ2v) is 6.86. The van der Waals surface area contributed by atoms with E-state index < -0.39 is 0 Å². The second kappa shape index (κ2) is 5.02. The fraction of sp³-hybridized carbons (Fsp3) is 0.353. The Hall–Kier alpha value is -1.55. The van der Waals surface area contributed by atoms with Gasteiger partial charge in [-0.3, -0.25) is 4.79 Å². The smallest absolute Gasteiger partial charge is 0.268 e. The van der Waals surface area contributed by atoms with E-state index in [1.807, 2.05) is 18.3 Å². The van der Waals surface area contributed by atoms with Crippen LogP contribution in [0.1, 0.15) is 53.0 Å². The number of benzene rings is 1. The van der Waals surface area contributed by atoms with E-state index in [0.717, 1.165) is 23.0 Å². The lowest BCUT2D eigenvalue weighted by Gasteiger charge is -2.15. The number of hydrogen-bond donors (Lipinski definition) is 1. The molecule has 1 saturated carbocycles. The Kier molecular flexibility index (Phi) is 3.14. The molecular formula is C17H17BrN2O. The maximum absolute atomic E-state index is 12.6. The van der Waals surface area contributed by atoms with Crippen molar-refractivity contribution in [3.05, 3.63) is 57.8 Å². The molecular weight excluding hydrogens is 328 g/mol. The third kappa shape index (κ3) is 2.42. The van der Waals surface area contributed by atoms with Crippen molar-refractivity contribution in [2.75, 3.05) is 0 Å². The van der Waals surface area contributed by atoms with Crippen molar-refractivity contribution >= 4 is 21.8 Å². The van der Waals surface area contributed by atoms with Gasteiger partial charge in [-0.1, -0.05) is 24.3 Å². The van der Waals surface area contributed by atoms with E-state index in [2.05, 4.69) is 44.0 Å². The molecule has 2 aromatic rings. The van der Waals surface area contributed by atoms with Crippen LogP contribution in [0.4, 0.5) is 0 Å². The Morgan fingerprint density at radius 2 is 2.05 bits per heavy atom. The Morgan fingerprint density at radius 1 is 1.24 bits per heavy atom. The Labute approximate surface area is 132 Å². The molecule has 21 heavy (non-hydrogen) atoms. The SMILES string of the molecule is O=C(NC1CCc2ccccc21)c1cc(Br)cn1C1CC1. The molecule has 0 saturated heterocycles. The molecule has 0 aliphatic heterocycles. The summed E-state index contributed by atoms with van der Waals surface area (Å²) in [5, 5.41) is 3.21. The zero-order chi connectivity index (χ0) is 14.4. The van der Waals surface area contributed by atoms with Crippen LogP contribution in [0.5, 0.6) is 0 Å². The number of nitrogens with one attached hydrogen (secondary N) is 1. The molecule has 0 bridgehead atoms. The van der Waals surface area contributed by atoms with Crippen molar-refractivity contribution in [1.29, 1.82) is 0 Å². The van der Waals surface area contributed by atoms with Gasteiger partial charge >= 0.3 is 0 Å². The zero-order valence-electron chi connectivity index (χ0n) is 11.7. The molecule has 1 aromatic heterocycles. The summed E-state index contributed by atoms with van der Waals surface area (Å²) in [6, 6.07) is 11.0. The maximum Gasteiger partial charge on any atom is 0.268 e. The number of amides is 1. The molecule has 3 nitrogen and oxygen atoms in total. The minimum absolute atomic E-state index is 0.0364. The average molecular weight is 345 g/mol. The summed E-state index contributed by atoms with van der Waals surface area (Å²) in [4.78, 5) is 12.6. The van der Waals surface area contributed by atoms with Gasteiger partial charge in [-0.05, 0) is 58.8 Å². The first kappa shape index (κ1) is 13.1. The standard InChI is InChI=1S/C17H17BrN2O/c18-12-9-16(20(10-12)13-6-7-13)17(21)19-15-8-5-11-3-1-2-4-14(11)15/h1-4,9-10,13,15H,5-8H2,(H,19,21). The topological polar surface area (TPSA) is 34.0 Å². The van der Waals surface area contributed by atoms with Crippen molar-refractivity contribution in [2.45, 2.75) is 37.8 Å². The third-order valence-electron chi connectivity index (χ3n) is 4.43. The van der Waals surface area contributed by atoms with Crippen molar-refractivity contribution in [3.63, 3.8) is 0 Å².